The second kappa shape index (κ2) is 4.73. The predicted octanol–water partition coefficient (Wildman–Crippen LogP) is 3.45. The van der Waals surface area contributed by atoms with Crippen LogP contribution in [0.15, 0.2) is 18.2 Å². The minimum Gasteiger partial charge on any atom is -0.390 e. The van der Waals surface area contributed by atoms with Gasteiger partial charge in [0.25, 0.3) is 0 Å². The second-order valence-electron chi connectivity index (χ2n) is 5.41. The molecular formula is C14H18F2O. The van der Waals surface area contributed by atoms with Crippen LogP contribution in [0, 0.1) is 17.6 Å². The van der Waals surface area contributed by atoms with Gasteiger partial charge in [-0.1, -0.05) is 19.3 Å². The van der Waals surface area contributed by atoms with E-state index < -0.39 is 17.2 Å². The van der Waals surface area contributed by atoms with Crippen molar-refractivity contribution in [3.05, 3.63) is 35.4 Å². The normalized spacial score (nSPS) is 19.8. The first-order chi connectivity index (χ1) is 7.96. The number of hydrogen-bond donors (Lipinski definition) is 1. The van der Waals surface area contributed by atoms with E-state index in [0.29, 0.717) is 12.3 Å². The van der Waals surface area contributed by atoms with Crippen molar-refractivity contribution in [2.45, 2.75) is 44.6 Å². The van der Waals surface area contributed by atoms with Gasteiger partial charge in [0.05, 0.1) is 5.60 Å². The first-order valence-electron chi connectivity index (χ1n) is 6.13. The summed E-state index contributed by atoms with van der Waals surface area (Å²) in [5, 5.41) is 10.2. The van der Waals surface area contributed by atoms with E-state index in [4.69, 9.17) is 0 Å². The molecule has 3 heteroatoms. The molecule has 1 aliphatic rings. The van der Waals surface area contributed by atoms with E-state index in [1.165, 1.54) is 12.5 Å². The lowest BCUT2D eigenvalue weighted by molar-refractivity contribution is 0.0197. The van der Waals surface area contributed by atoms with Gasteiger partial charge in [-0.3, -0.25) is 0 Å². The third-order valence-corrected chi connectivity index (χ3v) is 3.53. The maximum Gasteiger partial charge on any atom is 0.126 e. The van der Waals surface area contributed by atoms with Crippen LogP contribution in [0.2, 0.25) is 0 Å². The molecule has 0 aromatic heterocycles. The highest BCUT2D eigenvalue weighted by Crippen LogP contribution is 2.35. The van der Waals surface area contributed by atoms with Crippen LogP contribution in [0.5, 0.6) is 0 Å². The summed E-state index contributed by atoms with van der Waals surface area (Å²) in [5.74, 6) is -0.359. The van der Waals surface area contributed by atoms with Crippen LogP contribution in [0.4, 0.5) is 8.78 Å². The fourth-order valence-corrected chi connectivity index (χ4v) is 2.48. The summed E-state index contributed by atoms with van der Waals surface area (Å²) in [6.45, 7) is 1.70. The van der Waals surface area contributed by atoms with Crippen LogP contribution >= 0.6 is 0 Å². The van der Waals surface area contributed by atoms with Gasteiger partial charge in [0.2, 0.25) is 0 Å². The van der Waals surface area contributed by atoms with E-state index in [2.05, 4.69) is 0 Å². The van der Waals surface area contributed by atoms with Crippen molar-refractivity contribution in [3.63, 3.8) is 0 Å². The fourth-order valence-electron chi connectivity index (χ4n) is 2.48. The Kier molecular flexibility index (Phi) is 3.48. The van der Waals surface area contributed by atoms with Gasteiger partial charge in [-0.25, -0.2) is 8.78 Å². The Morgan fingerprint density at radius 2 is 2.06 bits per heavy atom. The Morgan fingerprint density at radius 3 is 2.65 bits per heavy atom. The highest BCUT2D eigenvalue weighted by atomic mass is 19.1. The lowest BCUT2D eigenvalue weighted by atomic mass is 9.76. The third kappa shape index (κ3) is 3.25. The van der Waals surface area contributed by atoms with Crippen molar-refractivity contribution in [2.75, 3.05) is 0 Å². The van der Waals surface area contributed by atoms with E-state index in [0.717, 1.165) is 25.0 Å². The van der Waals surface area contributed by atoms with E-state index in [-0.39, 0.29) is 12.0 Å². The Balaban J connectivity index is 2.04. The zero-order valence-corrected chi connectivity index (χ0v) is 10.0. The lowest BCUT2D eigenvalue weighted by Crippen LogP contribution is -2.32. The highest BCUT2D eigenvalue weighted by molar-refractivity contribution is 5.20. The van der Waals surface area contributed by atoms with Crippen LogP contribution in [0.25, 0.3) is 0 Å². The molecule has 0 saturated heterocycles. The van der Waals surface area contributed by atoms with Crippen molar-refractivity contribution >= 4 is 0 Å². The van der Waals surface area contributed by atoms with Gasteiger partial charge >= 0.3 is 0 Å². The molecule has 0 spiro atoms. The van der Waals surface area contributed by atoms with Crippen molar-refractivity contribution < 1.29 is 13.9 Å². The third-order valence-electron chi connectivity index (χ3n) is 3.53. The molecule has 0 heterocycles. The van der Waals surface area contributed by atoms with Gasteiger partial charge < -0.3 is 5.11 Å². The highest BCUT2D eigenvalue weighted by Gasteiger charge is 2.29. The lowest BCUT2D eigenvalue weighted by Gasteiger charge is -2.33. The maximum absolute atomic E-state index is 13.5. The molecule has 0 aliphatic heterocycles. The van der Waals surface area contributed by atoms with E-state index in [1.807, 2.05) is 0 Å². The average molecular weight is 240 g/mol. The molecule has 1 atom stereocenters. The predicted molar refractivity (Wildman–Crippen MR) is 62.6 cm³/mol. The van der Waals surface area contributed by atoms with E-state index in [1.54, 1.807) is 6.92 Å². The molecule has 1 aromatic carbocycles. The molecule has 2 rings (SSSR count). The van der Waals surface area contributed by atoms with Crippen LogP contribution in [-0.4, -0.2) is 10.7 Å². The summed E-state index contributed by atoms with van der Waals surface area (Å²) in [6, 6.07) is 3.38. The van der Waals surface area contributed by atoms with Gasteiger partial charge in [0.1, 0.15) is 11.6 Å². The van der Waals surface area contributed by atoms with Crippen LogP contribution < -0.4 is 0 Å². The molecule has 0 amide bonds. The maximum atomic E-state index is 13.5. The van der Waals surface area contributed by atoms with Crippen LogP contribution in [0.3, 0.4) is 0 Å². The first kappa shape index (κ1) is 12.5. The van der Waals surface area contributed by atoms with Gasteiger partial charge in [0.15, 0.2) is 0 Å². The second-order valence-corrected chi connectivity index (χ2v) is 5.41. The van der Waals surface area contributed by atoms with Crippen LogP contribution in [0.1, 0.15) is 38.2 Å². The molecule has 1 saturated carbocycles. The Bertz CT molecular complexity index is 397. The SMILES string of the molecule is CC(O)(Cc1cc(F)ccc1F)CC1CCC1. The largest absolute Gasteiger partial charge is 0.390 e. The standard InChI is InChI=1S/C14H18F2O/c1-14(17,8-10-3-2-4-10)9-11-7-12(15)5-6-13(11)16/h5-7,10,17H,2-4,8-9H2,1H3. The molecule has 0 radical (unpaired) electrons. The molecule has 1 N–H and O–H groups in total. The molecule has 1 fully saturated rings. The minimum atomic E-state index is -0.945. The number of rotatable bonds is 4. The van der Waals surface area contributed by atoms with Crippen LogP contribution in [-0.2, 0) is 6.42 Å². The molecule has 1 aromatic rings. The van der Waals surface area contributed by atoms with E-state index >= 15 is 0 Å². The number of hydrogen-bond acceptors (Lipinski definition) is 1. The van der Waals surface area contributed by atoms with Crippen molar-refractivity contribution in [3.8, 4) is 0 Å². The van der Waals surface area contributed by atoms with Crippen molar-refractivity contribution in [2.24, 2.45) is 5.92 Å². The average Bonchev–Trinajstić information content (AvgIpc) is 2.18. The molecule has 1 aliphatic carbocycles. The zero-order valence-electron chi connectivity index (χ0n) is 10.0. The summed E-state index contributed by atoms with van der Waals surface area (Å²) in [4.78, 5) is 0. The van der Waals surface area contributed by atoms with Gasteiger partial charge in [-0.15, -0.1) is 0 Å². The minimum absolute atomic E-state index is 0.174. The molecular weight excluding hydrogens is 222 g/mol. The molecule has 1 unspecified atom stereocenters. The summed E-state index contributed by atoms with van der Waals surface area (Å²) in [7, 11) is 0. The Labute approximate surface area is 100 Å². The summed E-state index contributed by atoms with van der Waals surface area (Å²) in [6.07, 6.45) is 4.34. The number of benzene rings is 1. The first-order valence-corrected chi connectivity index (χ1v) is 6.13. The molecule has 94 valence electrons. The molecule has 0 bridgehead atoms. The van der Waals surface area contributed by atoms with Gasteiger partial charge in [0, 0.05) is 6.42 Å². The number of halogens is 2. The Morgan fingerprint density at radius 1 is 1.35 bits per heavy atom. The Hall–Kier alpha value is -0.960. The zero-order chi connectivity index (χ0) is 12.5. The smallest absolute Gasteiger partial charge is 0.126 e. The van der Waals surface area contributed by atoms with Crippen molar-refractivity contribution in [1.82, 2.24) is 0 Å². The quantitative estimate of drug-likeness (QED) is 0.854. The van der Waals surface area contributed by atoms with Crippen molar-refractivity contribution in [1.29, 1.82) is 0 Å². The van der Waals surface area contributed by atoms with E-state index in [9.17, 15) is 13.9 Å². The van der Waals surface area contributed by atoms with Gasteiger partial charge in [-0.05, 0) is 43.0 Å². The fraction of sp³-hybridized carbons (Fsp3) is 0.571. The number of aliphatic hydroxyl groups is 1. The monoisotopic (exact) mass is 240 g/mol. The summed E-state index contributed by atoms with van der Waals surface area (Å²) in [5.41, 5.74) is -0.686. The topological polar surface area (TPSA) is 20.2 Å². The summed E-state index contributed by atoms with van der Waals surface area (Å²) >= 11 is 0. The molecule has 17 heavy (non-hydrogen) atoms. The van der Waals surface area contributed by atoms with Gasteiger partial charge in [-0.2, -0.15) is 0 Å². The summed E-state index contributed by atoms with van der Waals surface area (Å²) < 4.78 is 26.5. The molecule has 1 nitrogen and oxygen atoms in total.